The van der Waals surface area contributed by atoms with Crippen LogP contribution in [0.4, 0.5) is 0 Å². The third kappa shape index (κ3) is 4.05. The Balaban J connectivity index is 1.60. The molecule has 9 atom stereocenters. The smallest absolute Gasteiger partial charge is 0.0616 e. The minimum absolute atomic E-state index is 0.00606. The van der Waals surface area contributed by atoms with Gasteiger partial charge in [0.2, 0.25) is 0 Å². The van der Waals surface area contributed by atoms with Crippen molar-refractivity contribution in [1.82, 2.24) is 0 Å². The first-order valence-corrected chi connectivity index (χ1v) is 13.1. The fraction of sp³-hybridized carbons (Fsp3) is 0.852. The van der Waals surface area contributed by atoms with Crippen LogP contribution in [0.2, 0.25) is 0 Å². The summed E-state index contributed by atoms with van der Waals surface area (Å²) >= 11 is 0. The molecule has 186 valence electrons. The Morgan fingerprint density at radius 1 is 1.12 bits per heavy atom. The molecule has 0 heterocycles. The van der Waals surface area contributed by atoms with Gasteiger partial charge >= 0.3 is 0 Å². The standard InChI is InChI=1S/C27H44N2O4/c1-16(15-30)5-8-23(28-32)17(2)25-24(29-33)14-22-20-7-6-18-13-19(31)9-11-26(18,3)21(20)10-12-27(22,25)4/h6,16-17,19-22,25,30-33H,5,7-15H2,1-4H3/b28-23+,29-24+. The third-order valence-electron chi connectivity index (χ3n) is 10.5. The summed E-state index contributed by atoms with van der Waals surface area (Å²) in [6, 6.07) is 0. The largest absolute Gasteiger partial charge is 0.411 e. The lowest BCUT2D eigenvalue weighted by atomic mass is 9.47. The second-order valence-electron chi connectivity index (χ2n) is 12.2. The summed E-state index contributed by atoms with van der Waals surface area (Å²) in [6.45, 7) is 9.07. The van der Waals surface area contributed by atoms with Gasteiger partial charge in [0.25, 0.3) is 0 Å². The van der Waals surface area contributed by atoms with Gasteiger partial charge in [0.05, 0.1) is 17.5 Å². The van der Waals surface area contributed by atoms with Gasteiger partial charge in [-0.2, -0.15) is 0 Å². The van der Waals surface area contributed by atoms with Crippen LogP contribution in [-0.2, 0) is 0 Å². The number of hydrogen-bond donors (Lipinski definition) is 4. The highest BCUT2D eigenvalue weighted by Crippen LogP contribution is 2.66. The molecule has 4 N–H and O–H groups in total. The molecule has 0 radical (unpaired) electrons. The van der Waals surface area contributed by atoms with Gasteiger partial charge in [-0.25, -0.2) is 0 Å². The SMILES string of the molecule is CC(CO)CC/C(=N\O)C(C)C1/C(=N/O)CC2C3CC=C4CC(O)CCC4(C)C3CCC21C. The van der Waals surface area contributed by atoms with Crippen LogP contribution in [0.1, 0.15) is 85.5 Å². The molecule has 0 aromatic heterocycles. The first kappa shape index (κ1) is 24.7. The van der Waals surface area contributed by atoms with Crippen molar-refractivity contribution in [1.29, 1.82) is 0 Å². The zero-order valence-corrected chi connectivity index (χ0v) is 20.9. The monoisotopic (exact) mass is 460 g/mol. The fourth-order valence-corrected chi connectivity index (χ4v) is 8.50. The zero-order chi connectivity index (χ0) is 24.0. The molecular weight excluding hydrogens is 416 g/mol. The van der Waals surface area contributed by atoms with Crippen LogP contribution in [0.3, 0.4) is 0 Å². The molecule has 4 aliphatic carbocycles. The molecule has 6 heteroatoms. The van der Waals surface area contributed by atoms with Crippen LogP contribution in [0.25, 0.3) is 0 Å². The topological polar surface area (TPSA) is 106 Å². The van der Waals surface area contributed by atoms with Crippen LogP contribution in [0.15, 0.2) is 22.0 Å². The van der Waals surface area contributed by atoms with E-state index < -0.39 is 0 Å². The highest BCUT2D eigenvalue weighted by molar-refractivity contribution is 5.96. The molecule has 3 saturated carbocycles. The number of oxime groups is 2. The Morgan fingerprint density at radius 3 is 2.55 bits per heavy atom. The highest BCUT2D eigenvalue weighted by Gasteiger charge is 2.61. The van der Waals surface area contributed by atoms with Crippen molar-refractivity contribution in [3.63, 3.8) is 0 Å². The highest BCUT2D eigenvalue weighted by atomic mass is 16.4. The summed E-state index contributed by atoms with van der Waals surface area (Å²) in [5.41, 5.74) is 3.28. The lowest BCUT2D eigenvalue weighted by Gasteiger charge is -2.58. The van der Waals surface area contributed by atoms with Crippen molar-refractivity contribution >= 4 is 11.4 Å². The van der Waals surface area contributed by atoms with Gasteiger partial charge in [0, 0.05) is 18.4 Å². The zero-order valence-electron chi connectivity index (χ0n) is 20.9. The molecular formula is C27H44N2O4. The van der Waals surface area contributed by atoms with Gasteiger partial charge in [-0.05, 0) is 92.3 Å². The van der Waals surface area contributed by atoms with Crippen molar-refractivity contribution in [2.75, 3.05) is 6.61 Å². The second kappa shape index (κ2) is 9.33. The minimum Gasteiger partial charge on any atom is -0.411 e. The molecule has 0 aliphatic heterocycles. The molecule has 0 spiro atoms. The Morgan fingerprint density at radius 2 is 1.88 bits per heavy atom. The van der Waals surface area contributed by atoms with Gasteiger partial charge < -0.3 is 20.6 Å². The summed E-state index contributed by atoms with van der Waals surface area (Å²) in [7, 11) is 0. The number of aliphatic hydroxyl groups excluding tert-OH is 2. The van der Waals surface area contributed by atoms with E-state index in [-0.39, 0.29) is 41.3 Å². The van der Waals surface area contributed by atoms with E-state index in [1.54, 1.807) is 0 Å². The summed E-state index contributed by atoms with van der Waals surface area (Å²) in [4.78, 5) is 0. The molecule has 3 fully saturated rings. The lowest BCUT2D eigenvalue weighted by Crippen LogP contribution is -2.51. The third-order valence-corrected chi connectivity index (χ3v) is 10.5. The van der Waals surface area contributed by atoms with E-state index in [0.29, 0.717) is 24.2 Å². The van der Waals surface area contributed by atoms with E-state index in [9.17, 15) is 20.6 Å². The van der Waals surface area contributed by atoms with E-state index in [4.69, 9.17) is 0 Å². The number of hydrogen-bond acceptors (Lipinski definition) is 6. The van der Waals surface area contributed by atoms with E-state index >= 15 is 0 Å². The van der Waals surface area contributed by atoms with Gasteiger partial charge in [-0.15, -0.1) is 0 Å². The van der Waals surface area contributed by atoms with E-state index in [0.717, 1.165) is 62.8 Å². The molecule has 0 amide bonds. The van der Waals surface area contributed by atoms with Crippen LogP contribution in [0.5, 0.6) is 0 Å². The molecule has 0 bridgehead atoms. The van der Waals surface area contributed by atoms with Gasteiger partial charge in [0.15, 0.2) is 0 Å². The molecule has 4 aliphatic rings. The van der Waals surface area contributed by atoms with Crippen LogP contribution < -0.4 is 0 Å². The van der Waals surface area contributed by atoms with E-state index in [2.05, 4.69) is 37.2 Å². The molecule has 9 unspecified atom stereocenters. The maximum absolute atomic E-state index is 10.3. The lowest BCUT2D eigenvalue weighted by molar-refractivity contribution is -0.0521. The van der Waals surface area contributed by atoms with Gasteiger partial charge in [-0.1, -0.05) is 49.7 Å². The van der Waals surface area contributed by atoms with Gasteiger partial charge in [-0.3, -0.25) is 0 Å². The molecule has 0 saturated heterocycles. The first-order valence-electron chi connectivity index (χ1n) is 13.1. The normalized spacial score (nSPS) is 43.9. The summed E-state index contributed by atoms with van der Waals surface area (Å²) in [5, 5.41) is 47.1. The number of fused-ring (bicyclic) bond motifs is 5. The Kier molecular flexibility index (Phi) is 6.99. The fourth-order valence-electron chi connectivity index (χ4n) is 8.50. The number of nitrogens with zero attached hydrogens (tertiary/aromatic N) is 2. The van der Waals surface area contributed by atoms with Gasteiger partial charge in [0.1, 0.15) is 0 Å². The van der Waals surface area contributed by atoms with Crippen molar-refractivity contribution in [2.45, 2.75) is 91.6 Å². The Hall–Kier alpha value is -1.40. The van der Waals surface area contributed by atoms with Crippen LogP contribution >= 0.6 is 0 Å². The summed E-state index contributed by atoms with van der Waals surface area (Å²) in [5.74, 6) is 1.86. The number of allylic oxidation sites excluding steroid dienone is 1. The minimum atomic E-state index is -0.190. The molecule has 0 aromatic rings. The van der Waals surface area contributed by atoms with E-state index in [1.807, 2.05) is 6.92 Å². The average molecular weight is 461 g/mol. The maximum atomic E-state index is 10.3. The van der Waals surface area contributed by atoms with Crippen molar-refractivity contribution in [2.24, 2.45) is 56.6 Å². The molecule has 33 heavy (non-hydrogen) atoms. The van der Waals surface area contributed by atoms with Crippen LogP contribution in [-0.4, -0.2) is 44.8 Å². The molecule has 4 rings (SSSR count). The molecule has 0 aromatic carbocycles. The number of aliphatic hydroxyl groups is 2. The Labute approximate surface area is 198 Å². The predicted octanol–water partition coefficient (Wildman–Crippen LogP) is 5.24. The van der Waals surface area contributed by atoms with Crippen molar-refractivity contribution < 1.29 is 20.6 Å². The maximum Gasteiger partial charge on any atom is 0.0616 e. The van der Waals surface area contributed by atoms with Crippen LogP contribution in [0, 0.1) is 46.3 Å². The second-order valence-corrected chi connectivity index (χ2v) is 12.2. The first-order chi connectivity index (χ1) is 15.7. The Bertz CT molecular complexity index is 823. The average Bonchev–Trinajstić information content (AvgIpc) is 3.11. The summed E-state index contributed by atoms with van der Waals surface area (Å²) < 4.78 is 0. The van der Waals surface area contributed by atoms with Crippen molar-refractivity contribution in [3.05, 3.63) is 11.6 Å². The van der Waals surface area contributed by atoms with E-state index in [1.165, 1.54) is 5.57 Å². The number of rotatable bonds is 6. The molecule has 6 nitrogen and oxygen atoms in total. The predicted molar refractivity (Wildman–Crippen MR) is 130 cm³/mol. The van der Waals surface area contributed by atoms with Crippen molar-refractivity contribution in [3.8, 4) is 0 Å². The summed E-state index contributed by atoms with van der Waals surface area (Å²) in [6.07, 6.45) is 10.6. The quantitative estimate of drug-likeness (QED) is 0.188.